The predicted molar refractivity (Wildman–Crippen MR) is 77.0 cm³/mol. The lowest BCUT2D eigenvalue weighted by Gasteiger charge is -2.34. The highest BCUT2D eigenvalue weighted by molar-refractivity contribution is 5.85. The summed E-state index contributed by atoms with van der Waals surface area (Å²) < 4.78 is 0. The summed E-state index contributed by atoms with van der Waals surface area (Å²) in [4.78, 5) is 12.0. The SMILES string of the molecule is CC1CCCC(NC(=O)CC2CCCN2)C1C.Cl. The van der Waals surface area contributed by atoms with E-state index in [4.69, 9.17) is 0 Å². The summed E-state index contributed by atoms with van der Waals surface area (Å²) in [5.74, 6) is 1.62. The third-order valence-corrected chi connectivity index (χ3v) is 4.65. The molecule has 0 spiro atoms. The molecule has 2 aliphatic rings. The van der Waals surface area contributed by atoms with Gasteiger partial charge in [0.25, 0.3) is 0 Å². The van der Waals surface area contributed by atoms with Crippen molar-refractivity contribution in [3.05, 3.63) is 0 Å². The van der Waals surface area contributed by atoms with Gasteiger partial charge in [-0.05, 0) is 37.6 Å². The van der Waals surface area contributed by atoms with Crippen LogP contribution < -0.4 is 10.6 Å². The van der Waals surface area contributed by atoms with Crippen LogP contribution in [0.2, 0.25) is 0 Å². The molecule has 0 radical (unpaired) electrons. The smallest absolute Gasteiger partial charge is 0.221 e. The van der Waals surface area contributed by atoms with E-state index in [1.165, 1.54) is 19.3 Å². The van der Waals surface area contributed by atoms with Gasteiger partial charge < -0.3 is 10.6 Å². The van der Waals surface area contributed by atoms with Crippen LogP contribution in [0.25, 0.3) is 0 Å². The second-order valence-corrected chi connectivity index (χ2v) is 5.94. The number of halogens is 1. The van der Waals surface area contributed by atoms with Crippen LogP contribution in [-0.2, 0) is 4.79 Å². The Labute approximate surface area is 117 Å². The monoisotopic (exact) mass is 274 g/mol. The summed E-state index contributed by atoms with van der Waals surface area (Å²) in [5, 5.41) is 6.63. The van der Waals surface area contributed by atoms with E-state index in [1.807, 2.05) is 0 Å². The van der Waals surface area contributed by atoms with Crippen molar-refractivity contribution < 1.29 is 4.79 Å². The third-order valence-electron chi connectivity index (χ3n) is 4.65. The lowest BCUT2D eigenvalue weighted by molar-refractivity contribution is -0.123. The van der Waals surface area contributed by atoms with E-state index in [2.05, 4.69) is 24.5 Å². The highest BCUT2D eigenvalue weighted by Crippen LogP contribution is 2.29. The van der Waals surface area contributed by atoms with Crippen LogP contribution in [0.15, 0.2) is 0 Å². The summed E-state index contributed by atoms with van der Waals surface area (Å²) >= 11 is 0. The van der Waals surface area contributed by atoms with E-state index in [0.717, 1.165) is 25.3 Å². The fourth-order valence-electron chi connectivity index (χ4n) is 3.21. The van der Waals surface area contributed by atoms with Crippen molar-refractivity contribution in [3.8, 4) is 0 Å². The van der Waals surface area contributed by atoms with E-state index >= 15 is 0 Å². The van der Waals surface area contributed by atoms with Gasteiger partial charge in [0.05, 0.1) is 0 Å². The van der Waals surface area contributed by atoms with Gasteiger partial charge in [-0.2, -0.15) is 0 Å². The van der Waals surface area contributed by atoms with Crippen molar-refractivity contribution in [3.63, 3.8) is 0 Å². The van der Waals surface area contributed by atoms with Crippen LogP contribution in [0, 0.1) is 11.8 Å². The van der Waals surface area contributed by atoms with Gasteiger partial charge in [-0.15, -0.1) is 12.4 Å². The van der Waals surface area contributed by atoms with E-state index in [-0.39, 0.29) is 18.3 Å². The molecule has 1 aliphatic carbocycles. The molecule has 1 saturated heterocycles. The van der Waals surface area contributed by atoms with Gasteiger partial charge in [-0.3, -0.25) is 4.79 Å². The molecule has 0 bridgehead atoms. The summed E-state index contributed by atoms with van der Waals surface area (Å²) in [7, 11) is 0. The second-order valence-electron chi connectivity index (χ2n) is 5.94. The molecule has 1 aliphatic heterocycles. The van der Waals surface area contributed by atoms with Crippen molar-refractivity contribution in [2.45, 2.75) is 64.5 Å². The molecule has 1 heterocycles. The zero-order valence-electron chi connectivity index (χ0n) is 11.6. The molecule has 1 amide bonds. The van der Waals surface area contributed by atoms with E-state index in [1.54, 1.807) is 0 Å². The molecule has 0 aromatic carbocycles. The lowest BCUT2D eigenvalue weighted by atomic mass is 9.78. The number of carbonyl (C=O) groups is 1. The fourth-order valence-corrected chi connectivity index (χ4v) is 3.21. The van der Waals surface area contributed by atoms with Crippen LogP contribution in [0.4, 0.5) is 0 Å². The Kier molecular flexibility index (Phi) is 6.44. The molecule has 0 aromatic heterocycles. The molecular formula is C14H27ClN2O. The Morgan fingerprint density at radius 3 is 2.67 bits per heavy atom. The minimum atomic E-state index is 0. The first kappa shape index (κ1) is 15.8. The van der Waals surface area contributed by atoms with Gasteiger partial charge in [0.2, 0.25) is 5.91 Å². The molecule has 3 nitrogen and oxygen atoms in total. The number of hydrogen-bond acceptors (Lipinski definition) is 2. The largest absolute Gasteiger partial charge is 0.353 e. The Balaban J connectivity index is 0.00000162. The van der Waals surface area contributed by atoms with Crippen LogP contribution in [0.5, 0.6) is 0 Å². The molecule has 0 aromatic rings. The normalized spacial score (nSPS) is 35.9. The average molecular weight is 275 g/mol. The number of carbonyl (C=O) groups excluding carboxylic acids is 1. The van der Waals surface area contributed by atoms with Gasteiger partial charge in [-0.1, -0.05) is 26.7 Å². The summed E-state index contributed by atoms with van der Waals surface area (Å²) in [5.41, 5.74) is 0. The maximum absolute atomic E-state index is 12.0. The van der Waals surface area contributed by atoms with Crippen molar-refractivity contribution in [2.75, 3.05) is 6.54 Å². The lowest BCUT2D eigenvalue weighted by Crippen LogP contribution is -2.45. The summed E-state index contributed by atoms with van der Waals surface area (Å²) in [6.45, 7) is 5.67. The van der Waals surface area contributed by atoms with E-state index in [9.17, 15) is 4.79 Å². The second kappa shape index (κ2) is 7.34. The van der Waals surface area contributed by atoms with Gasteiger partial charge in [0, 0.05) is 18.5 Å². The highest BCUT2D eigenvalue weighted by Gasteiger charge is 2.28. The fraction of sp³-hybridized carbons (Fsp3) is 0.929. The van der Waals surface area contributed by atoms with Crippen LogP contribution >= 0.6 is 12.4 Å². The quantitative estimate of drug-likeness (QED) is 0.830. The molecule has 106 valence electrons. The molecule has 2 rings (SSSR count). The zero-order chi connectivity index (χ0) is 12.3. The molecular weight excluding hydrogens is 248 g/mol. The van der Waals surface area contributed by atoms with E-state index in [0.29, 0.717) is 24.4 Å². The molecule has 18 heavy (non-hydrogen) atoms. The summed E-state index contributed by atoms with van der Waals surface area (Å²) in [6.07, 6.45) is 6.78. The van der Waals surface area contributed by atoms with E-state index < -0.39 is 0 Å². The van der Waals surface area contributed by atoms with Crippen molar-refractivity contribution in [1.29, 1.82) is 0 Å². The minimum absolute atomic E-state index is 0. The van der Waals surface area contributed by atoms with Crippen LogP contribution in [0.3, 0.4) is 0 Å². The van der Waals surface area contributed by atoms with Gasteiger partial charge >= 0.3 is 0 Å². The van der Waals surface area contributed by atoms with Gasteiger partial charge in [0.1, 0.15) is 0 Å². The van der Waals surface area contributed by atoms with Crippen molar-refractivity contribution >= 4 is 18.3 Å². The topological polar surface area (TPSA) is 41.1 Å². The minimum Gasteiger partial charge on any atom is -0.353 e. The summed E-state index contributed by atoms with van der Waals surface area (Å²) in [6, 6.07) is 0.832. The molecule has 1 saturated carbocycles. The third kappa shape index (κ3) is 4.13. The molecule has 2 fully saturated rings. The van der Waals surface area contributed by atoms with Crippen molar-refractivity contribution in [2.24, 2.45) is 11.8 Å². The Hall–Kier alpha value is -0.280. The van der Waals surface area contributed by atoms with Gasteiger partial charge in [-0.25, -0.2) is 0 Å². The number of nitrogens with one attached hydrogen (secondary N) is 2. The van der Waals surface area contributed by atoms with Crippen LogP contribution in [0.1, 0.15) is 52.4 Å². The first-order valence-corrected chi connectivity index (χ1v) is 7.19. The first-order valence-electron chi connectivity index (χ1n) is 7.19. The van der Waals surface area contributed by atoms with Crippen molar-refractivity contribution in [1.82, 2.24) is 10.6 Å². The number of rotatable bonds is 3. The number of amides is 1. The molecule has 4 heteroatoms. The Morgan fingerprint density at radius 2 is 2.00 bits per heavy atom. The highest BCUT2D eigenvalue weighted by atomic mass is 35.5. The Morgan fingerprint density at radius 1 is 1.22 bits per heavy atom. The van der Waals surface area contributed by atoms with Gasteiger partial charge in [0.15, 0.2) is 0 Å². The predicted octanol–water partition coefficient (Wildman–Crippen LogP) is 2.49. The zero-order valence-corrected chi connectivity index (χ0v) is 12.4. The molecule has 4 unspecified atom stereocenters. The molecule has 2 N–H and O–H groups in total. The maximum atomic E-state index is 12.0. The maximum Gasteiger partial charge on any atom is 0.221 e. The first-order chi connectivity index (χ1) is 8.16. The number of hydrogen-bond donors (Lipinski definition) is 2. The Bertz CT molecular complexity index is 267. The van der Waals surface area contributed by atoms with Crippen LogP contribution in [-0.4, -0.2) is 24.5 Å². The molecule has 4 atom stereocenters. The standard InChI is InChI=1S/C14H26N2O.ClH/c1-10-5-3-7-13(11(10)2)16-14(17)9-12-6-4-8-15-12;/h10-13,15H,3-9H2,1-2H3,(H,16,17);1H. The average Bonchev–Trinajstić information content (AvgIpc) is 2.77.